The second kappa shape index (κ2) is 10.3. The number of nitrogens with two attached hydrogens (primary N) is 1. The van der Waals surface area contributed by atoms with Crippen LogP contribution in [0.2, 0.25) is 0 Å². The lowest BCUT2D eigenvalue weighted by Crippen LogP contribution is -2.41. The highest BCUT2D eigenvalue weighted by molar-refractivity contribution is 5.04. The molecule has 1 aliphatic heterocycles. The standard InChI is InChI=1S/C20H38N2/c1-5-7-12-20(6-2,13-8-18(3)4)17-22-15-10-19(9-14-21)11-16-22/h13,19H,5-7,9-12,14-17,21H2,1-4H3/t20-/m0/s1. The predicted octanol–water partition coefficient (Wildman–Crippen LogP) is 4.76. The van der Waals surface area contributed by atoms with E-state index in [1.807, 2.05) is 0 Å². The number of unbranched alkanes of at least 4 members (excludes halogenated alkanes) is 1. The maximum Gasteiger partial charge on any atom is 0.00821 e. The molecule has 0 aromatic heterocycles. The normalized spacial score (nSPS) is 19.5. The first-order chi connectivity index (χ1) is 10.5. The van der Waals surface area contributed by atoms with Crippen molar-refractivity contribution in [2.75, 3.05) is 26.2 Å². The van der Waals surface area contributed by atoms with Crippen LogP contribution in [0.5, 0.6) is 0 Å². The highest BCUT2D eigenvalue weighted by Gasteiger charge is 2.29. The Balaban J connectivity index is 2.70. The van der Waals surface area contributed by atoms with Gasteiger partial charge in [-0.2, -0.15) is 0 Å². The number of rotatable bonds is 9. The highest BCUT2D eigenvalue weighted by atomic mass is 15.1. The summed E-state index contributed by atoms with van der Waals surface area (Å²) in [4.78, 5) is 2.69. The Kier molecular flexibility index (Phi) is 9.09. The van der Waals surface area contributed by atoms with Crippen molar-refractivity contribution in [2.45, 2.75) is 72.6 Å². The fourth-order valence-corrected chi connectivity index (χ4v) is 3.53. The molecule has 1 atom stereocenters. The van der Waals surface area contributed by atoms with Gasteiger partial charge in [-0.1, -0.05) is 26.7 Å². The molecule has 22 heavy (non-hydrogen) atoms. The lowest BCUT2D eigenvalue weighted by molar-refractivity contribution is 0.122. The number of likely N-dealkylation sites (tertiary alicyclic amines) is 1. The topological polar surface area (TPSA) is 29.3 Å². The number of piperidine rings is 1. The van der Waals surface area contributed by atoms with Gasteiger partial charge in [0.25, 0.3) is 0 Å². The zero-order chi connectivity index (χ0) is 16.4. The summed E-state index contributed by atoms with van der Waals surface area (Å²) in [5.74, 6) is 0.862. The van der Waals surface area contributed by atoms with Gasteiger partial charge >= 0.3 is 0 Å². The summed E-state index contributed by atoms with van der Waals surface area (Å²) in [6.45, 7) is 13.5. The van der Waals surface area contributed by atoms with Crippen LogP contribution in [0, 0.1) is 11.3 Å². The number of nitrogens with zero attached hydrogens (tertiary/aromatic N) is 1. The SMILES string of the molecule is CCCC[C@](C=C=C(C)C)(CC)CN1CCC(CCN)CC1. The number of hydrogen-bond acceptors (Lipinski definition) is 2. The molecular weight excluding hydrogens is 268 g/mol. The van der Waals surface area contributed by atoms with Crippen LogP contribution < -0.4 is 5.73 Å². The Morgan fingerprint density at radius 1 is 1.27 bits per heavy atom. The molecule has 1 rings (SSSR count). The van der Waals surface area contributed by atoms with Gasteiger partial charge < -0.3 is 10.6 Å². The Morgan fingerprint density at radius 3 is 2.45 bits per heavy atom. The van der Waals surface area contributed by atoms with E-state index in [4.69, 9.17) is 5.73 Å². The van der Waals surface area contributed by atoms with Crippen LogP contribution in [0.15, 0.2) is 17.4 Å². The van der Waals surface area contributed by atoms with E-state index in [0.29, 0.717) is 5.41 Å². The van der Waals surface area contributed by atoms with Crippen molar-refractivity contribution in [1.82, 2.24) is 4.90 Å². The van der Waals surface area contributed by atoms with Gasteiger partial charge in [-0.15, -0.1) is 5.73 Å². The minimum absolute atomic E-state index is 0.313. The molecule has 0 aromatic rings. The Hall–Kier alpha value is -0.560. The van der Waals surface area contributed by atoms with Crippen LogP contribution in [-0.2, 0) is 0 Å². The molecule has 2 heteroatoms. The molecule has 128 valence electrons. The molecule has 0 saturated carbocycles. The van der Waals surface area contributed by atoms with E-state index in [1.54, 1.807) is 0 Å². The smallest absolute Gasteiger partial charge is 0.00821 e. The van der Waals surface area contributed by atoms with Gasteiger partial charge in [0.1, 0.15) is 0 Å². The summed E-state index contributed by atoms with van der Waals surface area (Å²) >= 11 is 0. The van der Waals surface area contributed by atoms with E-state index in [2.05, 4.69) is 44.4 Å². The first-order valence-electron chi connectivity index (χ1n) is 9.38. The average molecular weight is 307 g/mol. The molecular formula is C20H38N2. The summed E-state index contributed by atoms with van der Waals surface area (Å²) in [5, 5.41) is 0. The molecule has 2 nitrogen and oxygen atoms in total. The second-order valence-corrected chi connectivity index (χ2v) is 7.41. The van der Waals surface area contributed by atoms with Gasteiger partial charge in [-0.25, -0.2) is 0 Å². The molecule has 0 amide bonds. The first kappa shape index (κ1) is 19.5. The zero-order valence-electron chi connectivity index (χ0n) is 15.5. The first-order valence-corrected chi connectivity index (χ1v) is 9.38. The highest BCUT2D eigenvalue weighted by Crippen LogP contribution is 2.33. The minimum atomic E-state index is 0.313. The molecule has 1 fully saturated rings. The summed E-state index contributed by atoms with van der Waals surface area (Å²) in [6, 6.07) is 0. The van der Waals surface area contributed by atoms with Crippen LogP contribution in [-0.4, -0.2) is 31.1 Å². The third kappa shape index (κ3) is 6.69. The maximum atomic E-state index is 5.71. The van der Waals surface area contributed by atoms with E-state index in [9.17, 15) is 0 Å². The quantitative estimate of drug-likeness (QED) is 0.623. The largest absolute Gasteiger partial charge is 0.330 e. The monoisotopic (exact) mass is 306 g/mol. The van der Waals surface area contributed by atoms with Crippen molar-refractivity contribution in [3.8, 4) is 0 Å². The zero-order valence-corrected chi connectivity index (χ0v) is 15.5. The van der Waals surface area contributed by atoms with Gasteiger partial charge in [0.15, 0.2) is 0 Å². The molecule has 1 heterocycles. The molecule has 0 aliphatic carbocycles. The lowest BCUT2D eigenvalue weighted by atomic mass is 9.78. The van der Waals surface area contributed by atoms with Gasteiger partial charge in [-0.05, 0) is 83.2 Å². The third-order valence-electron chi connectivity index (χ3n) is 5.22. The Labute approximate surface area is 138 Å². The molecule has 0 aromatic carbocycles. The number of hydrogen-bond donors (Lipinski definition) is 1. The van der Waals surface area contributed by atoms with Crippen LogP contribution in [0.25, 0.3) is 0 Å². The van der Waals surface area contributed by atoms with Gasteiger partial charge in [0, 0.05) is 12.0 Å². The molecule has 1 aliphatic rings. The summed E-state index contributed by atoms with van der Waals surface area (Å²) in [6.07, 6.45) is 11.4. The summed E-state index contributed by atoms with van der Waals surface area (Å²) in [7, 11) is 0. The van der Waals surface area contributed by atoms with Gasteiger partial charge in [0.05, 0.1) is 0 Å². The molecule has 0 radical (unpaired) electrons. The van der Waals surface area contributed by atoms with Gasteiger partial charge in [0.2, 0.25) is 0 Å². The van der Waals surface area contributed by atoms with Crippen LogP contribution in [0.1, 0.15) is 72.6 Å². The molecule has 0 spiro atoms. The fourth-order valence-electron chi connectivity index (χ4n) is 3.53. The van der Waals surface area contributed by atoms with Crippen LogP contribution in [0.3, 0.4) is 0 Å². The average Bonchev–Trinajstić information content (AvgIpc) is 2.52. The van der Waals surface area contributed by atoms with Crippen LogP contribution >= 0.6 is 0 Å². The molecule has 0 bridgehead atoms. The van der Waals surface area contributed by atoms with Crippen LogP contribution in [0.4, 0.5) is 0 Å². The van der Waals surface area contributed by atoms with E-state index in [-0.39, 0.29) is 0 Å². The summed E-state index contributed by atoms with van der Waals surface area (Å²) < 4.78 is 0. The molecule has 1 saturated heterocycles. The van der Waals surface area contributed by atoms with Crippen molar-refractivity contribution < 1.29 is 0 Å². The second-order valence-electron chi connectivity index (χ2n) is 7.41. The summed E-state index contributed by atoms with van der Waals surface area (Å²) in [5.41, 5.74) is 10.8. The van der Waals surface area contributed by atoms with E-state index in [1.165, 1.54) is 70.2 Å². The van der Waals surface area contributed by atoms with Crippen molar-refractivity contribution in [3.63, 3.8) is 0 Å². The van der Waals surface area contributed by atoms with Crippen molar-refractivity contribution in [1.29, 1.82) is 0 Å². The Morgan fingerprint density at radius 2 is 1.95 bits per heavy atom. The third-order valence-corrected chi connectivity index (χ3v) is 5.22. The van der Waals surface area contributed by atoms with Crippen molar-refractivity contribution in [3.05, 3.63) is 17.4 Å². The molecule has 2 N–H and O–H groups in total. The van der Waals surface area contributed by atoms with Crippen molar-refractivity contribution >= 4 is 0 Å². The predicted molar refractivity (Wildman–Crippen MR) is 98.0 cm³/mol. The fraction of sp³-hybridized carbons (Fsp3) is 0.850. The lowest BCUT2D eigenvalue weighted by Gasteiger charge is -2.39. The minimum Gasteiger partial charge on any atom is -0.330 e. The van der Waals surface area contributed by atoms with E-state index in [0.717, 1.165) is 12.5 Å². The Bertz CT molecular complexity index is 356. The maximum absolute atomic E-state index is 5.71. The van der Waals surface area contributed by atoms with E-state index < -0.39 is 0 Å². The van der Waals surface area contributed by atoms with Crippen molar-refractivity contribution in [2.24, 2.45) is 17.1 Å². The molecule has 0 unspecified atom stereocenters. The van der Waals surface area contributed by atoms with E-state index >= 15 is 0 Å². The van der Waals surface area contributed by atoms with Gasteiger partial charge in [-0.3, -0.25) is 0 Å².